The summed E-state index contributed by atoms with van der Waals surface area (Å²) in [6.45, 7) is 0. The minimum atomic E-state index is 0.323. The molecule has 3 rings (SSSR count). The molecule has 4 heteroatoms. The van der Waals surface area contributed by atoms with Crippen molar-refractivity contribution in [1.82, 2.24) is 9.97 Å². The monoisotopic (exact) mass is 230 g/mol. The summed E-state index contributed by atoms with van der Waals surface area (Å²) in [6.07, 6.45) is 3.75. The van der Waals surface area contributed by atoms with Crippen LogP contribution in [0.25, 0.3) is 10.7 Å². The largest absolute Gasteiger partial charge is 0.299 e. The summed E-state index contributed by atoms with van der Waals surface area (Å²) in [4.78, 5) is 21.3. The van der Waals surface area contributed by atoms with Crippen molar-refractivity contribution in [2.75, 3.05) is 0 Å². The van der Waals surface area contributed by atoms with E-state index in [9.17, 15) is 4.79 Å². The Kier molecular flexibility index (Phi) is 2.29. The summed E-state index contributed by atoms with van der Waals surface area (Å²) in [7, 11) is 0. The van der Waals surface area contributed by atoms with Gasteiger partial charge in [0.2, 0.25) is 0 Å². The second kappa shape index (κ2) is 3.79. The van der Waals surface area contributed by atoms with Crippen LogP contribution in [0.3, 0.4) is 0 Å². The molecule has 0 aliphatic heterocycles. The number of aryl methyl sites for hydroxylation is 1. The van der Waals surface area contributed by atoms with Crippen molar-refractivity contribution in [3.8, 4) is 10.7 Å². The Bertz CT molecular complexity index is 533. The zero-order chi connectivity index (χ0) is 11.0. The van der Waals surface area contributed by atoms with Gasteiger partial charge in [0.05, 0.1) is 11.4 Å². The molecule has 0 aromatic carbocycles. The first kappa shape index (κ1) is 9.66. The molecule has 1 aliphatic carbocycles. The fourth-order valence-corrected chi connectivity index (χ4v) is 2.95. The van der Waals surface area contributed by atoms with Gasteiger partial charge in [-0.2, -0.15) is 0 Å². The van der Waals surface area contributed by atoms with Crippen molar-refractivity contribution in [3.63, 3.8) is 0 Å². The fraction of sp³-hybridized carbons (Fsp3) is 0.250. The molecular formula is C12H10N2OS. The SMILES string of the molecule is O=C1CCc2nc(-c3ccccn3)sc2C1. The van der Waals surface area contributed by atoms with Crippen LogP contribution < -0.4 is 0 Å². The second-order valence-corrected chi connectivity index (χ2v) is 4.90. The predicted octanol–water partition coefficient (Wildman–Crippen LogP) is 2.26. The van der Waals surface area contributed by atoms with Crippen molar-refractivity contribution in [1.29, 1.82) is 0 Å². The third-order valence-electron chi connectivity index (χ3n) is 2.66. The summed E-state index contributed by atoms with van der Waals surface area (Å²) >= 11 is 1.60. The summed E-state index contributed by atoms with van der Waals surface area (Å²) < 4.78 is 0. The first-order chi connectivity index (χ1) is 7.83. The van der Waals surface area contributed by atoms with Crippen molar-refractivity contribution < 1.29 is 4.79 Å². The summed E-state index contributed by atoms with van der Waals surface area (Å²) in [5.41, 5.74) is 1.99. The molecule has 0 saturated heterocycles. The average Bonchev–Trinajstić information content (AvgIpc) is 2.73. The molecule has 0 saturated carbocycles. The van der Waals surface area contributed by atoms with E-state index in [1.54, 1.807) is 17.5 Å². The molecule has 0 bridgehead atoms. The van der Waals surface area contributed by atoms with Crippen LogP contribution in [0.1, 0.15) is 17.0 Å². The highest BCUT2D eigenvalue weighted by Crippen LogP contribution is 2.30. The van der Waals surface area contributed by atoms with E-state index in [1.165, 1.54) is 0 Å². The summed E-state index contributed by atoms with van der Waals surface area (Å²) in [5.74, 6) is 0.323. The van der Waals surface area contributed by atoms with E-state index in [-0.39, 0.29) is 0 Å². The Labute approximate surface area is 97.2 Å². The number of ketones is 1. The van der Waals surface area contributed by atoms with Crippen molar-refractivity contribution in [2.45, 2.75) is 19.3 Å². The lowest BCUT2D eigenvalue weighted by Crippen LogP contribution is -2.11. The molecule has 2 aromatic heterocycles. The molecule has 2 heterocycles. The normalized spacial score (nSPS) is 14.9. The van der Waals surface area contributed by atoms with E-state index >= 15 is 0 Å². The van der Waals surface area contributed by atoms with Gasteiger partial charge >= 0.3 is 0 Å². The third-order valence-corrected chi connectivity index (χ3v) is 3.78. The zero-order valence-electron chi connectivity index (χ0n) is 8.64. The Morgan fingerprint density at radius 1 is 1.25 bits per heavy atom. The first-order valence-electron chi connectivity index (χ1n) is 5.24. The molecule has 80 valence electrons. The highest BCUT2D eigenvalue weighted by Gasteiger charge is 2.20. The van der Waals surface area contributed by atoms with Crippen LogP contribution in [0.4, 0.5) is 0 Å². The van der Waals surface area contributed by atoms with Crippen LogP contribution in [-0.4, -0.2) is 15.8 Å². The van der Waals surface area contributed by atoms with E-state index in [0.717, 1.165) is 27.7 Å². The number of rotatable bonds is 1. The van der Waals surface area contributed by atoms with E-state index < -0.39 is 0 Å². The maximum absolute atomic E-state index is 11.3. The predicted molar refractivity (Wildman–Crippen MR) is 62.4 cm³/mol. The van der Waals surface area contributed by atoms with Crippen molar-refractivity contribution in [3.05, 3.63) is 35.0 Å². The highest BCUT2D eigenvalue weighted by molar-refractivity contribution is 7.15. The molecule has 0 radical (unpaired) electrons. The number of carbonyl (C=O) groups is 1. The lowest BCUT2D eigenvalue weighted by atomic mass is 10.0. The molecule has 2 aromatic rings. The van der Waals surface area contributed by atoms with Gasteiger partial charge in [-0.3, -0.25) is 9.78 Å². The van der Waals surface area contributed by atoms with Gasteiger partial charge < -0.3 is 0 Å². The Balaban J connectivity index is 2.02. The standard InChI is InChI=1S/C12H10N2OS/c15-8-4-5-9-11(7-8)16-12(14-9)10-3-1-2-6-13-10/h1-3,6H,4-5,7H2. The quantitative estimate of drug-likeness (QED) is 0.754. The molecule has 0 fully saturated rings. The maximum Gasteiger partial charge on any atom is 0.142 e. The fourth-order valence-electron chi connectivity index (χ4n) is 1.84. The lowest BCUT2D eigenvalue weighted by Gasteiger charge is -2.06. The van der Waals surface area contributed by atoms with Crippen LogP contribution in [0.2, 0.25) is 0 Å². The highest BCUT2D eigenvalue weighted by atomic mass is 32.1. The number of hydrogen-bond donors (Lipinski definition) is 0. The van der Waals surface area contributed by atoms with Gasteiger partial charge in [-0.05, 0) is 18.6 Å². The lowest BCUT2D eigenvalue weighted by molar-refractivity contribution is -0.118. The summed E-state index contributed by atoms with van der Waals surface area (Å²) in [5, 5.41) is 0.931. The molecule has 0 spiro atoms. The Hall–Kier alpha value is -1.55. The van der Waals surface area contributed by atoms with E-state index in [0.29, 0.717) is 18.6 Å². The molecule has 0 amide bonds. The van der Waals surface area contributed by atoms with Crippen molar-refractivity contribution in [2.24, 2.45) is 0 Å². The van der Waals surface area contributed by atoms with E-state index in [4.69, 9.17) is 0 Å². The molecule has 0 atom stereocenters. The number of pyridine rings is 1. The van der Waals surface area contributed by atoms with Crippen molar-refractivity contribution >= 4 is 17.1 Å². The number of Topliss-reactive ketones (excluding diaryl/α,β-unsaturated/α-hetero) is 1. The number of hydrogen-bond acceptors (Lipinski definition) is 4. The number of carbonyl (C=O) groups excluding carboxylic acids is 1. The van der Waals surface area contributed by atoms with Gasteiger partial charge in [-0.1, -0.05) is 6.07 Å². The van der Waals surface area contributed by atoms with E-state index in [1.807, 2.05) is 18.2 Å². The minimum Gasteiger partial charge on any atom is -0.299 e. The smallest absolute Gasteiger partial charge is 0.142 e. The number of thiazole rings is 1. The van der Waals surface area contributed by atoms with Crippen LogP contribution in [0.15, 0.2) is 24.4 Å². The second-order valence-electron chi connectivity index (χ2n) is 3.82. The number of fused-ring (bicyclic) bond motifs is 1. The van der Waals surface area contributed by atoms with Crippen LogP contribution in [-0.2, 0) is 17.6 Å². The van der Waals surface area contributed by atoms with Gasteiger partial charge in [0.1, 0.15) is 10.8 Å². The first-order valence-corrected chi connectivity index (χ1v) is 6.06. The van der Waals surface area contributed by atoms with Crippen LogP contribution in [0, 0.1) is 0 Å². The zero-order valence-corrected chi connectivity index (χ0v) is 9.46. The minimum absolute atomic E-state index is 0.323. The van der Waals surface area contributed by atoms with Gasteiger partial charge in [0.15, 0.2) is 0 Å². The average molecular weight is 230 g/mol. The Morgan fingerprint density at radius 2 is 2.19 bits per heavy atom. The van der Waals surface area contributed by atoms with Crippen LogP contribution >= 0.6 is 11.3 Å². The molecule has 1 aliphatic rings. The van der Waals surface area contributed by atoms with Gasteiger partial charge in [0, 0.05) is 23.9 Å². The third kappa shape index (κ3) is 1.65. The topological polar surface area (TPSA) is 42.9 Å². The number of nitrogens with zero attached hydrogens (tertiary/aromatic N) is 2. The molecule has 0 unspecified atom stereocenters. The summed E-state index contributed by atoms with van der Waals surface area (Å²) in [6, 6.07) is 5.79. The molecule has 0 N–H and O–H groups in total. The molecule has 3 nitrogen and oxygen atoms in total. The molecular weight excluding hydrogens is 220 g/mol. The van der Waals surface area contributed by atoms with Gasteiger partial charge in [-0.25, -0.2) is 4.98 Å². The molecule has 16 heavy (non-hydrogen) atoms. The Morgan fingerprint density at radius 3 is 3.00 bits per heavy atom. The maximum atomic E-state index is 11.3. The number of aromatic nitrogens is 2. The van der Waals surface area contributed by atoms with Gasteiger partial charge in [0.25, 0.3) is 0 Å². The van der Waals surface area contributed by atoms with Crippen LogP contribution in [0.5, 0.6) is 0 Å². The van der Waals surface area contributed by atoms with Gasteiger partial charge in [-0.15, -0.1) is 11.3 Å². The van der Waals surface area contributed by atoms with E-state index in [2.05, 4.69) is 9.97 Å².